The van der Waals surface area contributed by atoms with E-state index in [9.17, 15) is 62.6 Å². The first-order chi connectivity index (χ1) is 24.7. The number of carbonyl (C=O) groups excluding carboxylic acids is 2. The van der Waals surface area contributed by atoms with E-state index in [-0.39, 0.29) is 37.6 Å². The molecule has 3 amide bonds. The SMILES string of the molecule is CC(=O)N1CCN(C(=O)N2CC[C@](c3ccc(C(OCc4c(F)cccc4F)(C(F)(F)F)C(F)(F)F)cc3)(S(=O)(=O)c3ccc(F)cc3)C2)C[C@H]1CO. The molecular formula is C34H32F9N3O6S. The summed E-state index contributed by atoms with van der Waals surface area (Å²) in [4.78, 5) is 29.0. The fourth-order valence-corrected chi connectivity index (χ4v) is 8.87. The third kappa shape index (κ3) is 7.05. The van der Waals surface area contributed by atoms with Crippen LogP contribution in [-0.2, 0) is 36.3 Å². The van der Waals surface area contributed by atoms with Gasteiger partial charge in [0.25, 0.3) is 5.60 Å². The number of carbonyl (C=O) groups is 2. The molecule has 0 saturated carbocycles. The number of nitrogens with zero attached hydrogens (tertiary/aromatic N) is 3. The maximum atomic E-state index is 14.6. The molecule has 2 aliphatic heterocycles. The van der Waals surface area contributed by atoms with Crippen molar-refractivity contribution in [1.82, 2.24) is 14.7 Å². The Labute approximate surface area is 297 Å². The summed E-state index contributed by atoms with van der Waals surface area (Å²) in [6, 6.07) is 6.22. The van der Waals surface area contributed by atoms with Crippen LogP contribution in [0.1, 0.15) is 30.0 Å². The Kier molecular flexibility index (Phi) is 10.9. The first kappa shape index (κ1) is 39.8. The van der Waals surface area contributed by atoms with E-state index < -0.39 is 104 Å². The summed E-state index contributed by atoms with van der Waals surface area (Å²) in [7, 11) is -4.69. The minimum absolute atomic E-state index is 0.00553. The maximum absolute atomic E-state index is 14.6. The van der Waals surface area contributed by atoms with Crippen molar-refractivity contribution in [3.8, 4) is 0 Å². The highest BCUT2D eigenvalue weighted by Crippen LogP contribution is 2.54. The second kappa shape index (κ2) is 14.5. The smallest absolute Gasteiger partial charge is 0.394 e. The normalized spacial score (nSPS) is 20.2. The van der Waals surface area contributed by atoms with Crippen molar-refractivity contribution in [2.75, 3.05) is 39.3 Å². The Hall–Kier alpha value is -4.36. The average Bonchev–Trinajstić information content (AvgIpc) is 3.56. The number of rotatable bonds is 8. The van der Waals surface area contributed by atoms with E-state index in [2.05, 4.69) is 4.74 Å². The maximum Gasteiger partial charge on any atom is 0.430 e. The van der Waals surface area contributed by atoms with Gasteiger partial charge in [-0.05, 0) is 48.4 Å². The van der Waals surface area contributed by atoms with Crippen LogP contribution in [0.3, 0.4) is 0 Å². The zero-order valence-corrected chi connectivity index (χ0v) is 28.5. The number of halogens is 9. The third-order valence-corrected chi connectivity index (χ3v) is 12.1. The Bertz CT molecular complexity index is 1910. The van der Waals surface area contributed by atoms with Gasteiger partial charge in [-0.2, -0.15) is 26.3 Å². The van der Waals surface area contributed by atoms with Crippen LogP contribution in [0, 0.1) is 17.5 Å². The molecule has 2 saturated heterocycles. The first-order valence-corrected chi connectivity index (χ1v) is 17.4. The summed E-state index contributed by atoms with van der Waals surface area (Å²) in [5.74, 6) is -4.08. The van der Waals surface area contributed by atoms with E-state index in [1.54, 1.807) is 0 Å². The lowest BCUT2D eigenvalue weighted by molar-refractivity contribution is -0.392. The van der Waals surface area contributed by atoms with Crippen molar-refractivity contribution < 1.29 is 67.4 Å². The predicted molar refractivity (Wildman–Crippen MR) is 168 cm³/mol. The lowest BCUT2D eigenvalue weighted by Gasteiger charge is -2.41. The number of piperazine rings is 1. The van der Waals surface area contributed by atoms with Crippen LogP contribution in [0.4, 0.5) is 44.3 Å². The molecule has 2 heterocycles. The molecule has 0 unspecified atom stereocenters. The number of sulfone groups is 1. The summed E-state index contributed by atoms with van der Waals surface area (Å²) in [6.07, 6.45) is -12.9. The second-order valence-corrected chi connectivity index (χ2v) is 14.9. The standard InChI is InChI=1S/C34H32F9N3O6S/c1-21(48)46-16-15-44(17-25(46)18-47)30(49)45-14-13-31(20-45,53(50,51)26-11-9-24(35)10-12-26)22-5-7-23(8-6-22)32(33(38,39)40,34(41,42)43)52-19-27-28(36)3-2-4-29(27)37/h2-12,25,47H,13-20H2,1H3/t25-,31-/m0/s1. The van der Waals surface area contributed by atoms with Crippen molar-refractivity contribution in [3.63, 3.8) is 0 Å². The number of ether oxygens (including phenoxy) is 1. The zero-order valence-electron chi connectivity index (χ0n) is 27.7. The van der Waals surface area contributed by atoms with Crippen LogP contribution in [0.2, 0.25) is 0 Å². The highest BCUT2D eigenvalue weighted by atomic mass is 32.2. The number of alkyl halides is 6. The minimum atomic E-state index is -6.26. The zero-order chi connectivity index (χ0) is 39.1. The highest BCUT2D eigenvalue weighted by Gasteiger charge is 2.73. The Morgan fingerprint density at radius 2 is 1.43 bits per heavy atom. The van der Waals surface area contributed by atoms with Crippen molar-refractivity contribution in [2.24, 2.45) is 0 Å². The molecule has 2 atom stereocenters. The van der Waals surface area contributed by atoms with Gasteiger partial charge in [-0.15, -0.1) is 0 Å². The van der Waals surface area contributed by atoms with Gasteiger partial charge in [0.15, 0.2) is 9.84 Å². The summed E-state index contributed by atoms with van der Waals surface area (Å²) < 4.78 is 161. The Morgan fingerprint density at radius 3 is 1.96 bits per heavy atom. The molecule has 288 valence electrons. The van der Waals surface area contributed by atoms with Crippen LogP contribution >= 0.6 is 0 Å². The van der Waals surface area contributed by atoms with E-state index in [0.29, 0.717) is 36.4 Å². The highest BCUT2D eigenvalue weighted by molar-refractivity contribution is 7.92. The fourth-order valence-electron chi connectivity index (χ4n) is 6.79. The number of likely N-dealkylation sites (tertiary alicyclic amines) is 1. The van der Waals surface area contributed by atoms with Gasteiger partial charge in [0.1, 0.15) is 22.2 Å². The molecule has 5 rings (SSSR count). The molecule has 3 aromatic carbocycles. The minimum Gasteiger partial charge on any atom is -0.394 e. The number of hydrogen-bond donors (Lipinski definition) is 1. The van der Waals surface area contributed by atoms with Gasteiger partial charge in [0, 0.05) is 50.8 Å². The van der Waals surface area contributed by atoms with Gasteiger partial charge in [0.05, 0.1) is 24.2 Å². The molecule has 9 nitrogen and oxygen atoms in total. The number of aliphatic hydroxyl groups is 1. The number of aliphatic hydroxyl groups excluding tert-OH is 1. The van der Waals surface area contributed by atoms with E-state index in [1.165, 1.54) is 16.7 Å². The van der Waals surface area contributed by atoms with E-state index in [1.807, 2.05) is 0 Å². The Morgan fingerprint density at radius 1 is 0.849 bits per heavy atom. The molecule has 19 heteroatoms. The predicted octanol–water partition coefficient (Wildman–Crippen LogP) is 5.66. The molecule has 2 fully saturated rings. The van der Waals surface area contributed by atoms with E-state index in [4.69, 9.17) is 0 Å². The first-order valence-electron chi connectivity index (χ1n) is 15.9. The van der Waals surface area contributed by atoms with Gasteiger partial charge < -0.3 is 24.5 Å². The molecule has 1 N–H and O–H groups in total. The number of benzene rings is 3. The topological polar surface area (TPSA) is 107 Å². The number of urea groups is 1. The van der Waals surface area contributed by atoms with Crippen LogP contribution in [-0.4, -0.2) is 97.9 Å². The lowest BCUT2D eigenvalue weighted by Crippen LogP contribution is -2.59. The lowest BCUT2D eigenvalue weighted by atomic mass is 9.88. The quantitative estimate of drug-likeness (QED) is 0.234. The van der Waals surface area contributed by atoms with Crippen molar-refractivity contribution in [2.45, 2.75) is 53.6 Å². The monoisotopic (exact) mass is 781 g/mol. The van der Waals surface area contributed by atoms with Crippen LogP contribution in [0.5, 0.6) is 0 Å². The van der Waals surface area contributed by atoms with Gasteiger partial charge in [-0.1, -0.05) is 30.3 Å². The molecule has 3 aromatic rings. The summed E-state index contributed by atoms with van der Waals surface area (Å²) in [5.41, 5.74) is -8.25. The van der Waals surface area contributed by atoms with Gasteiger partial charge in [-0.3, -0.25) is 4.79 Å². The summed E-state index contributed by atoms with van der Waals surface area (Å²) in [5, 5.41) is 9.82. The molecule has 0 bridgehead atoms. The van der Waals surface area contributed by atoms with E-state index in [0.717, 1.165) is 35.2 Å². The molecule has 0 spiro atoms. The molecule has 53 heavy (non-hydrogen) atoms. The van der Waals surface area contributed by atoms with Crippen LogP contribution in [0.15, 0.2) is 71.6 Å². The number of amides is 3. The molecular weight excluding hydrogens is 749 g/mol. The molecule has 0 radical (unpaired) electrons. The fraction of sp³-hybridized carbons (Fsp3) is 0.412. The largest absolute Gasteiger partial charge is 0.430 e. The molecule has 2 aliphatic rings. The van der Waals surface area contributed by atoms with Gasteiger partial charge in [0.2, 0.25) is 5.91 Å². The molecule has 0 aliphatic carbocycles. The number of hydrogen-bond acceptors (Lipinski definition) is 6. The molecule has 0 aromatic heterocycles. The average molecular weight is 782 g/mol. The third-order valence-electron chi connectivity index (χ3n) is 9.62. The summed E-state index contributed by atoms with van der Waals surface area (Å²) >= 11 is 0. The van der Waals surface area contributed by atoms with Crippen LogP contribution in [0.25, 0.3) is 0 Å². The Balaban J connectivity index is 1.57. The van der Waals surface area contributed by atoms with Crippen molar-refractivity contribution in [3.05, 3.63) is 101 Å². The van der Waals surface area contributed by atoms with Gasteiger partial charge in [-0.25, -0.2) is 26.4 Å². The summed E-state index contributed by atoms with van der Waals surface area (Å²) in [6.45, 7) is -1.98. The van der Waals surface area contributed by atoms with Gasteiger partial charge >= 0.3 is 18.4 Å². The van der Waals surface area contributed by atoms with E-state index >= 15 is 0 Å². The second-order valence-electron chi connectivity index (χ2n) is 12.6. The van der Waals surface area contributed by atoms with Crippen molar-refractivity contribution >= 4 is 21.8 Å². The van der Waals surface area contributed by atoms with Crippen molar-refractivity contribution in [1.29, 1.82) is 0 Å². The van der Waals surface area contributed by atoms with Crippen LogP contribution < -0.4 is 0 Å².